The Bertz CT molecular complexity index is 1130. The summed E-state index contributed by atoms with van der Waals surface area (Å²) in [6.07, 6.45) is 1.26. The molecule has 0 amide bonds. The van der Waals surface area contributed by atoms with Gasteiger partial charge < -0.3 is 25.0 Å². The van der Waals surface area contributed by atoms with E-state index in [1.165, 1.54) is 19.2 Å². The first-order valence-electron chi connectivity index (χ1n) is 9.04. The molecule has 8 nitrogen and oxygen atoms in total. The van der Waals surface area contributed by atoms with Gasteiger partial charge in [-0.25, -0.2) is 9.79 Å². The number of halogens is 1. The van der Waals surface area contributed by atoms with Gasteiger partial charge in [-0.05, 0) is 48.9 Å². The van der Waals surface area contributed by atoms with Crippen LogP contribution in [0.1, 0.15) is 21.5 Å². The number of carbonyl (C=O) groups is 1. The standard InChI is InChI=1S/C21H18ClN3O5/c1-10-3-5-12(8-13(10)20(27)28)30-21-23-15-9-14(22)18(24-19(15)25-21)11-4-6-17(29-2)16(26)7-11/h3-9,15,19,26H,1-2H3,(H,23,25)(H,27,28). The summed E-state index contributed by atoms with van der Waals surface area (Å²) in [6, 6.07) is 9.61. The number of phenols is 1. The summed E-state index contributed by atoms with van der Waals surface area (Å²) in [4.78, 5) is 20.3. The van der Waals surface area contributed by atoms with E-state index in [1.54, 1.807) is 37.3 Å². The summed E-state index contributed by atoms with van der Waals surface area (Å²) in [5, 5.41) is 22.8. The predicted molar refractivity (Wildman–Crippen MR) is 112 cm³/mol. The molecule has 2 aromatic carbocycles. The van der Waals surface area contributed by atoms with E-state index in [2.05, 4.69) is 15.3 Å². The van der Waals surface area contributed by atoms with E-state index in [4.69, 9.17) is 21.1 Å². The van der Waals surface area contributed by atoms with Crippen LogP contribution < -0.4 is 14.8 Å². The molecule has 0 bridgehead atoms. The third kappa shape index (κ3) is 3.69. The zero-order valence-corrected chi connectivity index (χ0v) is 16.8. The van der Waals surface area contributed by atoms with E-state index in [0.717, 1.165) is 0 Å². The molecule has 0 saturated carbocycles. The third-order valence-electron chi connectivity index (χ3n) is 4.78. The van der Waals surface area contributed by atoms with E-state index in [-0.39, 0.29) is 23.4 Å². The van der Waals surface area contributed by atoms with Gasteiger partial charge in [-0.2, -0.15) is 0 Å². The monoisotopic (exact) mass is 427 g/mol. The number of nitrogens with zero attached hydrogens (tertiary/aromatic N) is 2. The number of aliphatic imine (C=N–C) groups is 2. The number of hydrogen-bond acceptors (Lipinski definition) is 7. The number of ether oxygens (including phenoxy) is 2. The molecule has 2 heterocycles. The van der Waals surface area contributed by atoms with Crippen molar-refractivity contribution >= 4 is 29.3 Å². The minimum Gasteiger partial charge on any atom is -0.504 e. The molecule has 0 aliphatic carbocycles. The topological polar surface area (TPSA) is 113 Å². The van der Waals surface area contributed by atoms with E-state index < -0.39 is 12.1 Å². The van der Waals surface area contributed by atoms with Crippen LogP contribution in [0, 0.1) is 6.92 Å². The number of methoxy groups -OCH3 is 1. The summed E-state index contributed by atoms with van der Waals surface area (Å²) in [5.41, 5.74) is 1.91. The number of nitrogens with one attached hydrogen (secondary N) is 1. The molecular weight excluding hydrogens is 410 g/mol. The van der Waals surface area contributed by atoms with Crippen LogP contribution in [-0.4, -0.2) is 47.2 Å². The molecule has 0 saturated heterocycles. The van der Waals surface area contributed by atoms with Crippen molar-refractivity contribution in [2.24, 2.45) is 9.98 Å². The number of dihydropyridines is 1. The Morgan fingerprint density at radius 1 is 1.20 bits per heavy atom. The van der Waals surface area contributed by atoms with Crippen molar-refractivity contribution in [3.8, 4) is 17.2 Å². The molecule has 2 unspecified atom stereocenters. The fourth-order valence-electron chi connectivity index (χ4n) is 3.23. The maximum Gasteiger partial charge on any atom is 0.336 e. The molecule has 2 atom stereocenters. The maximum atomic E-state index is 11.3. The number of aromatic carboxylic acids is 1. The number of benzene rings is 2. The smallest absolute Gasteiger partial charge is 0.336 e. The number of allylic oxidation sites excluding steroid dienone is 1. The molecule has 0 radical (unpaired) electrons. The van der Waals surface area contributed by atoms with Gasteiger partial charge >= 0.3 is 5.97 Å². The zero-order valence-electron chi connectivity index (χ0n) is 16.1. The molecule has 154 valence electrons. The lowest BCUT2D eigenvalue weighted by molar-refractivity contribution is 0.0695. The summed E-state index contributed by atoms with van der Waals surface area (Å²) < 4.78 is 10.8. The van der Waals surface area contributed by atoms with E-state index in [1.807, 2.05) is 0 Å². The van der Waals surface area contributed by atoms with Gasteiger partial charge in [0, 0.05) is 5.56 Å². The molecule has 2 aromatic rings. The fraction of sp³-hybridized carbons (Fsp3) is 0.190. The number of carboxylic acid groups (broad SMARTS) is 1. The quantitative estimate of drug-likeness (QED) is 0.691. The Hall–Kier alpha value is -3.52. The predicted octanol–water partition coefficient (Wildman–Crippen LogP) is 3.07. The Morgan fingerprint density at radius 3 is 2.70 bits per heavy atom. The number of carboxylic acids is 1. The molecule has 9 heteroatoms. The largest absolute Gasteiger partial charge is 0.504 e. The van der Waals surface area contributed by atoms with Crippen molar-refractivity contribution in [1.82, 2.24) is 5.32 Å². The van der Waals surface area contributed by atoms with Crippen molar-refractivity contribution in [2.45, 2.75) is 19.1 Å². The van der Waals surface area contributed by atoms with E-state index >= 15 is 0 Å². The van der Waals surface area contributed by atoms with Crippen LogP contribution in [0.25, 0.3) is 0 Å². The van der Waals surface area contributed by atoms with Crippen LogP contribution in [0.4, 0.5) is 0 Å². The minimum absolute atomic E-state index is 0.0185. The summed E-state index contributed by atoms with van der Waals surface area (Å²) >= 11 is 6.41. The number of aromatic hydroxyl groups is 1. The van der Waals surface area contributed by atoms with Crippen molar-refractivity contribution in [3.63, 3.8) is 0 Å². The number of fused-ring (bicyclic) bond motifs is 1. The molecule has 0 fully saturated rings. The SMILES string of the molecule is COc1ccc(C2=NC3N=C(Oc4ccc(C)c(C(=O)O)c4)NC3C=C2Cl)cc1O. The highest BCUT2D eigenvalue weighted by molar-refractivity contribution is 6.46. The van der Waals surface area contributed by atoms with E-state index in [9.17, 15) is 15.0 Å². The first-order valence-corrected chi connectivity index (χ1v) is 9.42. The average molecular weight is 428 g/mol. The third-order valence-corrected chi connectivity index (χ3v) is 5.09. The van der Waals surface area contributed by atoms with Gasteiger partial charge in [0.1, 0.15) is 5.75 Å². The van der Waals surface area contributed by atoms with Crippen LogP contribution in [0.2, 0.25) is 0 Å². The number of aryl methyl sites for hydroxylation is 1. The lowest BCUT2D eigenvalue weighted by Gasteiger charge is -2.19. The van der Waals surface area contributed by atoms with Crippen LogP contribution >= 0.6 is 11.6 Å². The van der Waals surface area contributed by atoms with Gasteiger partial charge in [-0.3, -0.25) is 4.99 Å². The molecule has 2 aliphatic heterocycles. The van der Waals surface area contributed by atoms with Gasteiger partial charge in [-0.15, -0.1) is 0 Å². The molecule has 0 aromatic heterocycles. The molecule has 30 heavy (non-hydrogen) atoms. The van der Waals surface area contributed by atoms with Crippen LogP contribution in [0.5, 0.6) is 17.2 Å². The van der Waals surface area contributed by atoms with E-state index in [0.29, 0.717) is 33.4 Å². The fourth-order valence-corrected chi connectivity index (χ4v) is 3.53. The van der Waals surface area contributed by atoms with Gasteiger partial charge in [0.2, 0.25) is 0 Å². The Labute approximate surface area is 177 Å². The first kappa shape index (κ1) is 19.8. The number of hydrogen-bond donors (Lipinski definition) is 3. The molecule has 0 spiro atoms. The Kier molecular flexibility index (Phi) is 5.09. The highest BCUT2D eigenvalue weighted by Crippen LogP contribution is 2.31. The second-order valence-corrected chi connectivity index (χ2v) is 7.19. The van der Waals surface area contributed by atoms with Crippen LogP contribution in [-0.2, 0) is 0 Å². The summed E-state index contributed by atoms with van der Waals surface area (Å²) in [7, 11) is 1.47. The van der Waals surface area contributed by atoms with Gasteiger partial charge in [0.25, 0.3) is 6.02 Å². The molecule has 3 N–H and O–H groups in total. The Morgan fingerprint density at radius 2 is 2.00 bits per heavy atom. The Balaban J connectivity index is 1.58. The summed E-state index contributed by atoms with van der Waals surface area (Å²) in [6.45, 7) is 1.72. The highest BCUT2D eigenvalue weighted by atomic mass is 35.5. The van der Waals surface area contributed by atoms with Crippen LogP contribution in [0.3, 0.4) is 0 Å². The van der Waals surface area contributed by atoms with Crippen molar-refractivity contribution in [3.05, 3.63) is 64.2 Å². The zero-order chi connectivity index (χ0) is 21.4. The molecule has 4 rings (SSSR count). The normalized spacial score (nSPS) is 19.8. The minimum atomic E-state index is -1.03. The molecular formula is C21H18ClN3O5. The molecule has 2 aliphatic rings. The lowest BCUT2D eigenvalue weighted by Crippen LogP contribution is -2.37. The number of phenolic OH excluding ortho intramolecular Hbond substituents is 1. The summed E-state index contributed by atoms with van der Waals surface area (Å²) in [5.74, 6) is -0.347. The van der Waals surface area contributed by atoms with Gasteiger partial charge in [0.05, 0.1) is 29.5 Å². The highest BCUT2D eigenvalue weighted by Gasteiger charge is 2.33. The average Bonchev–Trinajstić information content (AvgIpc) is 3.09. The number of rotatable bonds is 4. The van der Waals surface area contributed by atoms with Crippen molar-refractivity contribution < 1.29 is 24.5 Å². The lowest BCUT2D eigenvalue weighted by atomic mass is 10.0. The maximum absolute atomic E-state index is 11.3. The number of amidine groups is 1. The second-order valence-electron chi connectivity index (χ2n) is 6.78. The van der Waals surface area contributed by atoms with Crippen LogP contribution in [0.15, 0.2) is 57.5 Å². The second kappa shape index (κ2) is 7.72. The van der Waals surface area contributed by atoms with Gasteiger partial charge in [0.15, 0.2) is 17.7 Å². The van der Waals surface area contributed by atoms with Gasteiger partial charge in [-0.1, -0.05) is 17.7 Å². The van der Waals surface area contributed by atoms with Crippen molar-refractivity contribution in [2.75, 3.05) is 7.11 Å². The first-order chi connectivity index (χ1) is 14.4. The van der Waals surface area contributed by atoms with Crippen molar-refractivity contribution in [1.29, 1.82) is 0 Å².